The van der Waals surface area contributed by atoms with Gasteiger partial charge in [-0.05, 0) is 18.1 Å². The number of nitrogens with zero attached hydrogens (tertiary/aromatic N) is 3. The van der Waals surface area contributed by atoms with E-state index < -0.39 is 0 Å². The molecule has 3 aromatic rings. The van der Waals surface area contributed by atoms with Gasteiger partial charge in [0.2, 0.25) is 0 Å². The highest BCUT2D eigenvalue weighted by Crippen LogP contribution is 2.18. The van der Waals surface area contributed by atoms with Crippen molar-refractivity contribution in [2.45, 2.75) is 6.92 Å². The zero-order chi connectivity index (χ0) is 13.8. The highest BCUT2D eigenvalue weighted by molar-refractivity contribution is 5.91. The maximum absolute atomic E-state index is 4.25. The monoisotopic (exact) mass is 262 g/mol. The average molecular weight is 262 g/mol. The maximum atomic E-state index is 4.25. The SMILES string of the molecule is Cc1ccccc1C=NNc1nncc2ccccc12. The largest absolute Gasteiger partial charge is 0.259 e. The number of hydrazone groups is 1. The summed E-state index contributed by atoms with van der Waals surface area (Å²) in [6.07, 6.45) is 3.53. The summed E-state index contributed by atoms with van der Waals surface area (Å²) in [6, 6.07) is 16.0. The van der Waals surface area contributed by atoms with Crippen molar-refractivity contribution in [1.29, 1.82) is 0 Å². The summed E-state index contributed by atoms with van der Waals surface area (Å²) in [5.41, 5.74) is 5.22. The molecule has 0 radical (unpaired) electrons. The Hall–Kier alpha value is -2.75. The van der Waals surface area contributed by atoms with Gasteiger partial charge in [0.25, 0.3) is 0 Å². The van der Waals surface area contributed by atoms with E-state index in [9.17, 15) is 0 Å². The van der Waals surface area contributed by atoms with Crippen LogP contribution in [0.25, 0.3) is 10.8 Å². The second-order valence-electron chi connectivity index (χ2n) is 4.51. The predicted octanol–water partition coefficient (Wildman–Crippen LogP) is 3.38. The lowest BCUT2D eigenvalue weighted by molar-refractivity contribution is 1.04. The molecule has 0 atom stereocenters. The minimum absolute atomic E-state index is 0.660. The average Bonchev–Trinajstić information content (AvgIpc) is 2.49. The van der Waals surface area contributed by atoms with Gasteiger partial charge in [-0.15, -0.1) is 5.10 Å². The first-order valence-corrected chi connectivity index (χ1v) is 6.40. The summed E-state index contributed by atoms with van der Waals surface area (Å²) in [4.78, 5) is 0. The zero-order valence-electron chi connectivity index (χ0n) is 11.1. The standard InChI is InChI=1S/C16H14N4/c1-12-6-2-3-7-13(12)10-17-19-16-15-9-5-4-8-14(15)11-18-20-16/h2-11H,1H3,(H,19,20). The molecule has 0 fully saturated rings. The van der Waals surface area contributed by atoms with Crippen LogP contribution in [-0.2, 0) is 0 Å². The summed E-state index contributed by atoms with van der Waals surface area (Å²) in [7, 11) is 0. The Labute approximate surface area is 117 Å². The number of fused-ring (bicyclic) bond motifs is 1. The Morgan fingerprint density at radius 3 is 2.75 bits per heavy atom. The van der Waals surface area contributed by atoms with E-state index in [1.54, 1.807) is 12.4 Å². The summed E-state index contributed by atoms with van der Waals surface area (Å²) in [5, 5.41) is 14.3. The molecule has 98 valence electrons. The van der Waals surface area contributed by atoms with Gasteiger partial charge in [0.15, 0.2) is 5.82 Å². The fourth-order valence-corrected chi connectivity index (χ4v) is 2.01. The zero-order valence-corrected chi connectivity index (χ0v) is 11.1. The van der Waals surface area contributed by atoms with E-state index in [2.05, 4.69) is 33.7 Å². The molecule has 0 aliphatic rings. The van der Waals surface area contributed by atoms with Crippen LogP contribution in [0.4, 0.5) is 5.82 Å². The van der Waals surface area contributed by atoms with Gasteiger partial charge < -0.3 is 0 Å². The van der Waals surface area contributed by atoms with Crippen LogP contribution in [0, 0.1) is 6.92 Å². The minimum Gasteiger partial charge on any atom is -0.259 e. The van der Waals surface area contributed by atoms with E-state index in [4.69, 9.17) is 0 Å². The summed E-state index contributed by atoms with van der Waals surface area (Å²) in [5.74, 6) is 0.660. The van der Waals surface area contributed by atoms with Gasteiger partial charge in [0.05, 0.1) is 12.4 Å². The van der Waals surface area contributed by atoms with E-state index in [1.807, 2.05) is 42.5 Å². The van der Waals surface area contributed by atoms with Crippen molar-refractivity contribution in [3.63, 3.8) is 0 Å². The topological polar surface area (TPSA) is 50.2 Å². The first kappa shape index (κ1) is 12.3. The van der Waals surface area contributed by atoms with Gasteiger partial charge in [-0.25, -0.2) is 0 Å². The molecule has 1 heterocycles. The second-order valence-corrected chi connectivity index (χ2v) is 4.51. The molecule has 1 aromatic heterocycles. The first-order chi connectivity index (χ1) is 9.84. The normalized spacial score (nSPS) is 11.1. The third-order valence-corrected chi connectivity index (χ3v) is 3.13. The summed E-state index contributed by atoms with van der Waals surface area (Å²) >= 11 is 0. The number of rotatable bonds is 3. The van der Waals surface area contributed by atoms with Crippen LogP contribution in [0.2, 0.25) is 0 Å². The molecule has 1 N–H and O–H groups in total. The number of aryl methyl sites for hydroxylation is 1. The Morgan fingerprint density at radius 1 is 1.05 bits per heavy atom. The number of anilines is 1. The van der Waals surface area contributed by atoms with E-state index in [0.717, 1.165) is 16.3 Å². The molecule has 0 spiro atoms. The Bertz CT molecular complexity index is 760. The summed E-state index contributed by atoms with van der Waals surface area (Å²) in [6.45, 7) is 2.05. The molecule has 0 saturated carbocycles. The van der Waals surface area contributed by atoms with Crippen LogP contribution in [0.1, 0.15) is 11.1 Å². The van der Waals surface area contributed by atoms with Crippen molar-refractivity contribution >= 4 is 22.8 Å². The number of benzene rings is 2. The van der Waals surface area contributed by atoms with Crippen molar-refractivity contribution < 1.29 is 0 Å². The molecule has 4 heteroatoms. The second kappa shape index (κ2) is 5.48. The highest BCUT2D eigenvalue weighted by Gasteiger charge is 2.00. The predicted molar refractivity (Wildman–Crippen MR) is 81.9 cm³/mol. The van der Waals surface area contributed by atoms with Gasteiger partial charge in [-0.3, -0.25) is 5.43 Å². The van der Waals surface area contributed by atoms with Crippen molar-refractivity contribution in [3.8, 4) is 0 Å². The van der Waals surface area contributed by atoms with Gasteiger partial charge in [0, 0.05) is 10.8 Å². The van der Waals surface area contributed by atoms with Crippen LogP contribution in [0.5, 0.6) is 0 Å². The number of aromatic nitrogens is 2. The van der Waals surface area contributed by atoms with Crippen molar-refractivity contribution in [3.05, 3.63) is 65.9 Å². The Kier molecular flexibility index (Phi) is 3.37. The van der Waals surface area contributed by atoms with Crippen LogP contribution >= 0.6 is 0 Å². The smallest absolute Gasteiger partial charge is 0.176 e. The molecule has 3 rings (SSSR count). The van der Waals surface area contributed by atoms with E-state index in [0.29, 0.717) is 5.82 Å². The van der Waals surface area contributed by atoms with Gasteiger partial charge in [0.1, 0.15) is 0 Å². The maximum Gasteiger partial charge on any atom is 0.176 e. The van der Waals surface area contributed by atoms with Crippen LogP contribution in [-0.4, -0.2) is 16.4 Å². The molecule has 0 aliphatic heterocycles. The van der Waals surface area contributed by atoms with E-state index in [1.165, 1.54) is 5.56 Å². The highest BCUT2D eigenvalue weighted by atomic mass is 15.3. The van der Waals surface area contributed by atoms with Gasteiger partial charge >= 0.3 is 0 Å². The lowest BCUT2D eigenvalue weighted by atomic mass is 10.1. The van der Waals surface area contributed by atoms with E-state index >= 15 is 0 Å². The molecule has 20 heavy (non-hydrogen) atoms. The third kappa shape index (κ3) is 2.49. The Morgan fingerprint density at radius 2 is 1.85 bits per heavy atom. The summed E-state index contributed by atoms with van der Waals surface area (Å²) < 4.78 is 0. The van der Waals surface area contributed by atoms with Gasteiger partial charge in [-0.2, -0.15) is 10.2 Å². The number of hydrogen-bond donors (Lipinski definition) is 1. The van der Waals surface area contributed by atoms with Gasteiger partial charge in [-0.1, -0.05) is 48.5 Å². The number of nitrogens with one attached hydrogen (secondary N) is 1. The van der Waals surface area contributed by atoms with Crippen LogP contribution < -0.4 is 5.43 Å². The molecular weight excluding hydrogens is 248 g/mol. The molecule has 4 nitrogen and oxygen atoms in total. The number of hydrogen-bond acceptors (Lipinski definition) is 4. The molecule has 2 aromatic carbocycles. The van der Waals surface area contributed by atoms with Crippen molar-refractivity contribution in [1.82, 2.24) is 10.2 Å². The molecule has 0 amide bonds. The molecule has 0 saturated heterocycles. The van der Waals surface area contributed by atoms with Crippen molar-refractivity contribution in [2.75, 3.05) is 5.43 Å². The lowest BCUT2D eigenvalue weighted by Gasteiger charge is -2.03. The lowest BCUT2D eigenvalue weighted by Crippen LogP contribution is -1.97. The molecule has 0 bridgehead atoms. The Balaban J connectivity index is 1.86. The van der Waals surface area contributed by atoms with Crippen LogP contribution in [0.15, 0.2) is 59.8 Å². The van der Waals surface area contributed by atoms with Crippen molar-refractivity contribution in [2.24, 2.45) is 5.10 Å². The molecule has 0 unspecified atom stereocenters. The fourth-order valence-electron chi connectivity index (χ4n) is 2.01. The van der Waals surface area contributed by atoms with Crippen LogP contribution in [0.3, 0.4) is 0 Å². The third-order valence-electron chi connectivity index (χ3n) is 3.13. The molecule has 0 aliphatic carbocycles. The van der Waals surface area contributed by atoms with E-state index in [-0.39, 0.29) is 0 Å². The minimum atomic E-state index is 0.660. The quantitative estimate of drug-likeness (QED) is 0.581. The first-order valence-electron chi connectivity index (χ1n) is 6.40. The fraction of sp³-hybridized carbons (Fsp3) is 0.0625. The molecular formula is C16H14N4.